The van der Waals surface area contributed by atoms with E-state index in [2.05, 4.69) is 16.4 Å². The molecule has 0 spiro atoms. The summed E-state index contributed by atoms with van der Waals surface area (Å²) in [5.74, 6) is 0.598. The number of ether oxygens (including phenoxy) is 2. The Bertz CT molecular complexity index is 980. The van der Waals surface area contributed by atoms with Gasteiger partial charge in [0.05, 0.1) is 23.5 Å². The summed E-state index contributed by atoms with van der Waals surface area (Å²) >= 11 is 0. The Morgan fingerprint density at radius 3 is 2.89 bits per heavy atom. The number of nitrogens with one attached hydrogen (secondary N) is 1. The van der Waals surface area contributed by atoms with Gasteiger partial charge in [-0.1, -0.05) is 0 Å². The highest BCUT2D eigenvalue weighted by Gasteiger charge is 2.41. The highest BCUT2D eigenvalue weighted by molar-refractivity contribution is 6.00. The van der Waals surface area contributed by atoms with Crippen LogP contribution in [0.4, 0.5) is 4.79 Å². The summed E-state index contributed by atoms with van der Waals surface area (Å²) in [4.78, 5) is 27.8. The van der Waals surface area contributed by atoms with Gasteiger partial charge in [-0.25, -0.2) is 4.79 Å². The van der Waals surface area contributed by atoms with Gasteiger partial charge in [-0.05, 0) is 61.6 Å². The number of cyclic esters (lactones) is 1. The third kappa shape index (κ3) is 3.22. The van der Waals surface area contributed by atoms with Crippen molar-refractivity contribution in [1.82, 2.24) is 10.3 Å². The van der Waals surface area contributed by atoms with E-state index in [0.717, 1.165) is 36.1 Å². The molecule has 7 heteroatoms. The molecular weight excluding hydrogens is 346 g/mol. The van der Waals surface area contributed by atoms with Gasteiger partial charge in [0.2, 0.25) is 0 Å². The number of carbonyl (C=O) groups is 2. The van der Waals surface area contributed by atoms with Crippen LogP contribution in [-0.4, -0.2) is 23.1 Å². The van der Waals surface area contributed by atoms with Crippen LogP contribution in [0.2, 0.25) is 0 Å². The summed E-state index contributed by atoms with van der Waals surface area (Å²) in [7, 11) is 0. The van der Waals surface area contributed by atoms with Gasteiger partial charge in [-0.2, -0.15) is 5.26 Å². The molecule has 2 heterocycles. The first kappa shape index (κ1) is 17.0. The maximum atomic E-state index is 12.0. The number of nitrogens with zero attached hydrogens (tertiary/aromatic N) is 2. The van der Waals surface area contributed by atoms with E-state index < -0.39 is 18.1 Å². The van der Waals surface area contributed by atoms with Gasteiger partial charge in [0.25, 0.3) is 5.91 Å². The molecular formula is C20H17N3O4. The van der Waals surface area contributed by atoms with Crippen LogP contribution in [0, 0.1) is 18.3 Å². The van der Waals surface area contributed by atoms with E-state index in [1.54, 1.807) is 24.4 Å². The van der Waals surface area contributed by atoms with Gasteiger partial charge in [-0.15, -0.1) is 0 Å². The maximum absolute atomic E-state index is 12.0. The Kier molecular flexibility index (Phi) is 4.24. The molecule has 1 aromatic heterocycles. The van der Waals surface area contributed by atoms with Gasteiger partial charge in [0.15, 0.2) is 6.10 Å². The van der Waals surface area contributed by atoms with E-state index >= 15 is 0 Å². The molecule has 1 fully saturated rings. The van der Waals surface area contributed by atoms with Crippen LogP contribution in [0.3, 0.4) is 0 Å². The topological polar surface area (TPSA) is 101 Å². The molecule has 1 saturated heterocycles. The number of hydrogen-bond donors (Lipinski definition) is 1. The van der Waals surface area contributed by atoms with Crippen molar-refractivity contribution < 1.29 is 19.1 Å². The second-order valence-corrected chi connectivity index (χ2v) is 6.72. The number of aryl methyl sites for hydroxylation is 2. The van der Waals surface area contributed by atoms with Gasteiger partial charge in [0.1, 0.15) is 11.5 Å². The number of rotatable bonds is 3. The van der Waals surface area contributed by atoms with E-state index in [9.17, 15) is 9.59 Å². The van der Waals surface area contributed by atoms with Crippen molar-refractivity contribution >= 4 is 12.0 Å². The average molecular weight is 363 g/mol. The first-order valence-electron chi connectivity index (χ1n) is 8.74. The predicted octanol–water partition coefficient (Wildman–Crippen LogP) is 3.11. The lowest BCUT2D eigenvalue weighted by Gasteiger charge is -2.26. The van der Waals surface area contributed by atoms with E-state index in [-0.39, 0.29) is 5.92 Å². The van der Waals surface area contributed by atoms with Crippen molar-refractivity contribution in [2.45, 2.75) is 38.2 Å². The van der Waals surface area contributed by atoms with Crippen molar-refractivity contribution in [3.8, 4) is 17.6 Å². The molecule has 1 aliphatic heterocycles. The molecule has 2 aromatic rings. The molecule has 2 amide bonds. The molecule has 4 rings (SSSR count). The Hall–Kier alpha value is -3.40. The number of carbonyl (C=O) groups excluding carboxylic acids is 2. The molecule has 0 saturated carbocycles. The maximum Gasteiger partial charge on any atom is 0.414 e. The number of benzene rings is 1. The minimum Gasteiger partial charge on any atom is -0.455 e. The van der Waals surface area contributed by atoms with Crippen LogP contribution in [0.15, 0.2) is 30.5 Å². The van der Waals surface area contributed by atoms with Gasteiger partial charge in [0, 0.05) is 5.92 Å². The first-order valence-corrected chi connectivity index (χ1v) is 8.74. The van der Waals surface area contributed by atoms with Gasteiger partial charge in [-0.3, -0.25) is 15.1 Å². The predicted molar refractivity (Wildman–Crippen MR) is 94.3 cm³/mol. The van der Waals surface area contributed by atoms with Crippen LogP contribution >= 0.6 is 0 Å². The number of fused-ring (bicyclic) bond motifs is 1. The molecule has 0 bridgehead atoms. The lowest BCUT2D eigenvalue weighted by atomic mass is 9.83. The number of aromatic nitrogens is 1. The first-order chi connectivity index (χ1) is 13.0. The highest BCUT2D eigenvalue weighted by Crippen LogP contribution is 2.37. The van der Waals surface area contributed by atoms with Gasteiger partial charge < -0.3 is 9.47 Å². The molecule has 27 heavy (non-hydrogen) atoms. The molecule has 1 aromatic carbocycles. The quantitative estimate of drug-likeness (QED) is 0.899. The smallest absolute Gasteiger partial charge is 0.414 e. The van der Waals surface area contributed by atoms with E-state index in [0.29, 0.717) is 17.1 Å². The van der Waals surface area contributed by atoms with Crippen molar-refractivity contribution in [2.75, 3.05) is 0 Å². The normalized spacial score (nSPS) is 21.0. The fourth-order valence-electron chi connectivity index (χ4n) is 3.63. The SMILES string of the molecule is Cc1cc(C#N)ccc1Oc1cnc2c(c1)CCC[C@@H]2C1OC(=O)NC1=O. The Balaban J connectivity index is 1.59. The lowest BCUT2D eigenvalue weighted by Crippen LogP contribution is -2.32. The summed E-state index contributed by atoms with van der Waals surface area (Å²) in [6.45, 7) is 1.88. The Morgan fingerprint density at radius 2 is 2.19 bits per heavy atom. The number of nitriles is 1. The van der Waals surface area contributed by atoms with E-state index in [4.69, 9.17) is 14.7 Å². The van der Waals surface area contributed by atoms with Crippen LogP contribution in [-0.2, 0) is 16.0 Å². The van der Waals surface area contributed by atoms with Crippen molar-refractivity contribution in [3.05, 3.63) is 52.8 Å². The summed E-state index contributed by atoms with van der Waals surface area (Å²) < 4.78 is 11.1. The van der Waals surface area contributed by atoms with Crippen LogP contribution in [0.1, 0.15) is 41.1 Å². The zero-order chi connectivity index (χ0) is 19.0. The van der Waals surface area contributed by atoms with Crippen molar-refractivity contribution in [3.63, 3.8) is 0 Å². The molecule has 136 valence electrons. The average Bonchev–Trinajstić information content (AvgIpc) is 3.00. The number of pyridine rings is 1. The lowest BCUT2D eigenvalue weighted by molar-refractivity contribution is -0.124. The fraction of sp³-hybridized carbons (Fsp3) is 0.300. The minimum absolute atomic E-state index is 0.245. The zero-order valence-corrected chi connectivity index (χ0v) is 14.7. The second-order valence-electron chi connectivity index (χ2n) is 6.72. The molecule has 1 N–H and O–H groups in total. The number of imide groups is 1. The summed E-state index contributed by atoms with van der Waals surface area (Å²) in [5, 5.41) is 11.1. The van der Waals surface area contributed by atoms with Crippen molar-refractivity contribution in [1.29, 1.82) is 5.26 Å². The van der Waals surface area contributed by atoms with E-state index in [1.807, 2.05) is 13.0 Å². The third-order valence-corrected chi connectivity index (χ3v) is 4.90. The molecule has 2 atom stereocenters. The Morgan fingerprint density at radius 1 is 1.33 bits per heavy atom. The summed E-state index contributed by atoms with van der Waals surface area (Å²) in [6.07, 6.45) is 2.53. The zero-order valence-electron chi connectivity index (χ0n) is 14.7. The molecule has 1 unspecified atom stereocenters. The number of hydrogen-bond acceptors (Lipinski definition) is 6. The van der Waals surface area contributed by atoms with Crippen LogP contribution < -0.4 is 10.1 Å². The van der Waals surface area contributed by atoms with Crippen LogP contribution in [0.25, 0.3) is 0 Å². The minimum atomic E-state index is -0.823. The number of amides is 2. The largest absolute Gasteiger partial charge is 0.455 e. The highest BCUT2D eigenvalue weighted by atomic mass is 16.6. The standard InChI is InChI=1S/C20H17N3O4/c1-11-7-12(9-21)5-6-16(11)26-14-8-13-3-2-4-15(17(13)22-10-14)18-19(24)23-20(25)27-18/h5-8,10,15,18H,2-4H2,1H3,(H,23,24,25)/t15-,18?/m0/s1. The molecule has 2 aliphatic rings. The monoisotopic (exact) mass is 363 g/mol. The second kappa shape index (κ2) is 6.72. The van der Waals surface area contributed by atoms with E-state index in [1.165, 1.54) is 0 Å². The van der Waals surface area contributed by atoms with Crippen molar-refractivity contribution in [2.24, 2.45) is 0 Å². The summed E-state index contributed by atoms with van der Waals surface area (Å²) in [6, 6.07) is 9.26. The summed E-state index contributed by atoms with van der Waals surface area (Å²) in [5.41, 5.74) is 3.21. The Labute approximate surface area is 155 Å². The van der Waals surface area contributed by atoms with Crippen LogP contribution in [0.5, 0.6) is 11.5 Å². The fourth-order valence-corrected chi connectivity index (χ4v) is 3.63. The molecule has 1 aliphatic carbocycles. The third-order valence-electron chi connectivity index (χ3n) is 4.90. The number of alkyl carbamates (subject to hydrolysis) is 1. The van der Waals surface area contributed by atoms with Gasteiger partial charge >= 0.3 is 6.09 Å². The molecule has 7 nitrogen and oxygen atoms in total. The molecule has 0 radical (unpaired) electrons.